The summed E-state index contributed by atoms with van der Waals surface area (Å²) in [5.41, 5.74) is 2.53. The van der Waals surface area contributed by atoms with Crippen molar-refractivity contribution in [1.82, 2.24) is 9.97 Å². The predicted molar refractivity (Wildman–Crippen MR) is 70.5 cm³/mol. The second kappa shape index (κ2) is 4.53. The lowest BCUT2D eigenvalue weighted by Gasteiger charge is -2.19. The number of anilines is 2. The summed E-state index contributed by atoms with van der Waals surface area (Å²) in [7, 11) is 0. The Hall–Kier alpha value is -1.90. The molecule has 0 saturated carbocycles. The Bertz CT molecular complexity index is 469. The second-order valence-corrected chi connectivity index (χ2v) is 5.04. The average Bonchev–Trinajstić information content (AvgIpc) is 2.30. The normalized spacial score (nSPS) is 11.2. The topological polar surface area (TPSA) is 37.8 Å². The molecule has 1 heterocycles. The van der Waals surface area contributed by atoms with Crippen LogP contribution in [0.3, 0.4) is 0 Å². The molecule has 0 unspecified atom stereocenters. The fourth-order valence-electron chi connectivity index (χ4n) is 1.57. The van der Waals surface area contributed by atoms with E-state index in [0.717, 1.165) is 11.5 Å². The van der Waals surface area contributed by atoms with E-state index >= 15 is 0 Å². The Morgan fingerprint density at radius 2 is 1.71 bits per heavy atom. The van der Waals surface area contributed by atoms with Crippen molar-refractivity contribution in [3.05, 3.63) is 48.4 Å². The summed E-state index contributed by atoms with van der Waals surface area (Å²) >= 11 is 0. The van der Waals surface area contributed by atoms with Gasteiger partial charge in [0.15, 0.2) is 0 Å². The van der Waals surface area contributed by atoms with E-state index in [-0.39, 0.29) is 5.41 Å². The lowest BCUT2D eigenvalue weighted by molar-refractivity contribution is 0.590. The summed E-state index contributed by atoms with van der Waals surface area (Å²) < 4.78 is 0. The fourth-order valence-corrected chi connectivity index (χ4v) is 1.57. The van der Waals surface area contributed by atoms with Crippen molar-refractivity contribution in [2.75, 3.05) is 5.32 Å². The van der Waals surface area contributed by atoms with E-state index in [0.29, 0.717) is 0 Å². The van der Waals surface area contributed by atoms with Gasteiger partial charge in [0.2, 0.25) is 0 Å². The van der Waals surface area contributed by atoms with Crippen LogP contribution in [0.4, 0.5) is 11.5 Å². The van der Waals surface area contributed by atoms with Crippen LogP contribution in [0.5, 0.6) is 0 Å². The van der Waals surface area contributed by atoms with E-state index < -0.39 is 0 Å². The second-order valence-electron chi connectivity index (χ2n) is 5.04. The van der Waals surface area contributed by atoms with E-state index in [1.807, 2.05) is 0 Å². The molecule has 1 N–H and O–H groups in total. The Kier molecular flexibility index (Phi) is 3.09. The molecule has 1 aromatic carbocycles. The first-order chi connectivity index (χ1) is 8.05. The van der Waals surface area contributed by atoms with E-state index in [4.69, 9.17) is 0 Å². The maximum absolute atomic E-state index is 4.17. The highest BCUT2D eigenvalue weighted by molar-refractivity contribution is 5.55. The molecule has 1 aromatic heterocycles. The Labute approximate surface area is 102 Å². The molecule has 17 heavy (non-hydrogen) atoms. The molecular weight excluding hydrogens is 210 g/mol. The molecule has 0 spiro atoms. The molecule has 88 valence electrons. The van der Waals surface area contributed by atoms with Crippen molar-refractivity contribution < 1.29 is 0 Å². The highest BCUT2D eigenvalue weighted by atomic mass is 15.0. The first-order valence-electron chi connectivity index (χ1n) is 5.69. The van der Waals surface area contributed by atoms with Crippen LogP contribution < -0.4 is 5.32 Å². The largest absolute Gasteiger partial charge is 0.339 e. The zero-order chi connectivity index (χ0) is 12.3. The minimum absolute atomic E-state index is 0.186. The van der Waals surface area contributed by atoms with Crippen LogP contribution in [-0.2, 0) is 5.41 Å². The monoisotopic (exact) mass is 227 g/mol. The lowest BCUT2D eigenvalue weighted by atomic mass is 9.87. The molecule has 2 aromatic rings. The van der Waals surface area contributed by atoms with Gasteiger partial charge in [0, 0.05) is 18.1 Å². The maximum Gasteiger partial charge on any atom is 0.148 e. The van der Waals surface area contributed by atoms with Gasteiger partial charge in [-0.3, -0.25) is 4.98 Å². The van der Waals surface area contributed by atoms with Crippen LogP contribution in [0, 0.1) is 0 Å². The number of hydrogen-bond donors (Lipinski definition) is 1. The lowest BCUT2D eigenvalue weighted by Crippen LogP contribution is -2.10. The summed E-state index contributed by atoms with van der Waals surface area (Å²) in [4.78, 5) is 8.18. The molecule has 0 aliphatic heterocycles. The maximum atomic E-state index is 4.17. The Morgan fingerprint density at radius 1 is 1.00 bits per heavy atom. The SMILES string of the molecule is CC(C)(C)c1ccc(Nc2cnccn2)cc1. The van der Waals surface area contributed by atoms with E-state index in [2.05, 4.69) is 60.3 Å². The van der Waals surface area contributed by atoms with Crippen LogP contribution in [0.15, 0.2) is 42.9 Å². The molecule has 0 aliphatic rings. The Morgan fingerprint density at radius 3 is 2.24 bits per heavy atom. The summed E-state index contributed by atoms with van der Waals surface area (Å²) in [6.45, 7) is 6.62. The van der Waals surface area contributed by atoms with Crippen molar-refractivity contribution in [3.63, 3.8) is 0 Å². The number of hydrogen-bond acceptors (Lipinski definition) is 3. The molecule has 0 bridgehead atoms. The molecular formula is C14H17N3. The van der Waals surface area contributed by atoms with Crippen LogP contribution in [0.25, 0.3) is 0 Å². The number of aromatic nitrogens is 2. The van der Waals surface area contributed by atoms with Gasteiger partial charge in [0.25, 0.3) is 0 Å². The van der Waals surface area contributed by atoms with Gasteiger partial charge in [0.05, 0.1) is 6.20 Å². The van der Waals surface area contributed by atoms with Crippen molar-refractivity contribution in [3.8, 4) is 0 Å². The fraction of sp³-hybridized carbons (Fsp3) is 0.286. The molecule has 0 radical (unpaired) electrons. The third-order valence-electron chi connectivity index (χ3n) is 2.59. The number of nitrogens with one attached hydrogen (secondary N) is 1. The van der Waals surface area contributed by atoms with Crippen LogP contribution >= 0.6 is 0 Å². The van der Waals surface area contributed by atoms with Crippen LogP contribution in [0.1, 0.15) is 26.3 Å². The highest BCUT2D eigenvalue weighted by Gasteiger charge is 2.12. The average molecular weight is 227 g/mol. The molecule has 2 rings (SSSR count). The van der Waals surface area contributed by atoms with Crippen LogP contribution in [0.2, 0.25) is 0 Å². The molecule has 0 amide bonds. The third-order valence-corrected chi connectivity index (χ3v) is 2.59. The summed E-state index contributed by atoms with van der Waals surface area (Å²) in [5, 5.41) is 3.21. The van der Waals surface area contributed by atoms with Gasteiger partial charge in [-0.25, -0.2) is 4.98 Å². The zero-order valence-corrected chi connectivity index (χ0v) is 10.4. The molecule has 0 saturated heterocycles. The molecule has 3 nitrogen and oxygen atoms in total. The quantitative estimate of drug-likeness (QED) is 0.853. The van der Waals surface area contributed by atoms with Crippen molar-refractivity contribution >= 4 is 11.5 Å². The van der Waals surface area contributed by atoms with Crippen LogP contribution in [-0.4, -0.2) is 9.97 Å². The van der Waals surface area contributed by atoms with E-state index in [1.165, 1.54) is 5.56 Å². The highest BCUT2D eigenvalue weighted by Crippen LogP contribution is 2.24. The summed E-state index contributed by atoms with van der Waals surface area (Å²) in [5.74, 6) is 0.760. The Balaban J connectivity index is 2.14. The van der Waals surface area contributed by atoms with Crippen molar-refractivity contribution in [2.45, 2.75) is 26.2 Å². The summed E-state index contributed by atoms with van der Waals surface area (Å²) in [6, 6.07) is 8.40. The van der Waals surface area contributed by atoms with E-state index in [1.54, 1.807) is 18.6 Å². The molecule has 0 atom stereocenters. The number of nitrogens with zero attached hydrogens (tertiary/aromatic N) is 2. The number of rotatable bonds is 2. The predicted octanol–water partition coefficient (Wildman–Crippen LogP) is 3.52. The standard InChI is InChI=1S/C14H17N3/c1-14(2,3)11-4-6-12(7-5-11)17-13-10-15-8-9-16-13/h4-10H,1-3H3,(H,16,17). The van der Waals surface area contributed by atoms with Crippen molar-refractivity contribution in [2.24, 2.45) is 0 Å². The first-order valence-corrected chi connectivity index (χ1v) is 5.69. The third kappa shape index (κ3) is 3.03. The van der Waals surface area contributed by atoms with Gasteiger partial charge in [-0.15, -0.1) is 0 Å². The molecule has 3 heteroatoms. The zero-order valence-electron chi connectivity index (χ0n) is 10.4. The smallest absolute Gasteiger partial charge is 0.148 e. The summed E-state index contributed by atoms with van der Waals surface area (Å²) in [6.07, 6.45) is 5.04. The first kappa shape index (κ1) is 11.6. The number of benzene rings is 1. The minimum atomic E-state index is 0.186. The van der Waals surface area contributed by atoms with Gasteiger partial charge in [-0.05, 0) is 23.1 Å². The van der Waals surface area contributed by atoms with Crippen molar-refractivity contribution in [1.29, 1.82) is 0 Å². The molecule has 0 aliphatic carbocycles. The van der Waals surface area contributed by atoms with Gasteiger partial charge in [0.1, 0.15) is 5.82 Å². The van der Waals surface area contributed by atoms with Gasteiger partial charge >= 0.3 is 0 Å². The van der Waals surface area contributed by atoms with Gasteiger partial charge in [-0.1, -0.05) is 32.9 Å². The minimum Gasteiger partial charge on any atom is -0.339 e. The van der Waals surface area contributed by atoms with Gasteiger partial charge < -0.3 is 5.32 Å². The molecule has 0 fully saturated rings. The van der Waals surface area contributed by atoms with E-state index in [9.17, 15) is 0 Å². The van der Waals surface area contributed by atoms with Gasteiger partial charge in [-0.2, -0.15) is 0 Å².